The summed E-state index contributed by atoms with van der Waals surface area (Å²) in [6.45, 7) is 8.36. The van der Waals surface area contributed by atoms with Crippen molar-refractivity contribution >= 4 is 5.91 Å². The molecule has 2 atom stereocenters. The minimum Gasteiger partial charge on any atom is -0.365 e. The molecule has 0 saturated carbocycles. The normalized spacial score (nSPS) is 26.5. The van der Waals surface area contributed by atoms with E-state index in [1.54, 1.807) is 0 Å². The summed E-state index contributed by atoms with van der Waals surface area (Å²) in [5.74, 6) is 0.145. The topological polar surface area (TPSA) is 36.0 Å². The number of carbonyl (C=O) groups excluding carboxylic acids is 1. The van der Waals surface area contributed by atoms with Crippen molar-refractivity contribution in [2.24, 2.45) is 0 Å². The van der Waals surface area contributed by atoms with Crippen LogP contribution in [0.3, 0.4) is 0 Å². The number of likely N-dealkylation sites (N-methyl/N-ethyl adjacent to an activating group) is 1. The highest BCUT2D eigenvalue weighted by molar-refractivity contribution is 5.82. The van der Waals surface area contributed by atoms with Gasteiger partial charge in [-0.15, -0.1) is 0 Å². The third kappa shape index (κ3) is 3.79. The molecule has 2 heterocycles. The molecule has 0 unspecified atom stereocenters. The number of piperazine rings is 1. The zero-order valence-electron chi connectivity index (χ0n) is 14.9. The van der Waals surface area contributed by atoms with Crippen molar-refractivity contribution in [3.8, 4) is 0 Å². The van der Waals surface area contributed by atoms with Gasteiger partial charge in [0, 0.05) is 32.7 Å². The van der Waals surface area contributed by atoms with Crippen LogP contribution in [-0.4, -0.2) is 79.6 Å². The standard InChI is InChI=1S/C19H29N3O2/c1-3-9-21-10-12-22(13-11-21)19(23)18-17(20(2)14-15-24-18)16-7-5-4-6-8-16/h4-8,17-18H,3,9-15H2,1-2H3/t17-,18+/m0/s1. The Morgan fingerprint density at radius 3 is 2.50 bits per heavy atom. The molecular weight excluding hydrogens is 302 g/mol. The lowest BCUT2D eigenvalue weighted by atomic mass is 9.97. The number of rotatable bonds is 4. The second-order valence-electron chi connectivity index (χ2n) is 6.79. The fourth-order valence-electron chi connectivity index (χ4n) is 3.76. The predicted molar refractivity (Wildman–Crippen MR) is 94.9 cm³/mol. The predicted octanol–water partition coefficient (Wildman–Crippen LogP) is 1.61. The molecule has 5 heteroatoms. The molecule has 0 spiro atoms. The molecular formula is C19H29N3O2. The summed E-state index contributed by atoms with van der Waals surface area (Å²) < 4.78 is 5.96. The molecule has 0 aliphatic carbocycles. The molecule has 2 fully saturated rings. The Kier molecular flexibility index (Phi) is 5.87. The van der Waals surface area contributed by atoms with E-state index in [1.807, 2.05) is 23.1 Å². The molecule has 3 rings (SSSR count). The fraction of sp³-hybridized carbons (Fsp3) is 0.632. The van der Waals surface area contributed by atoms with E-state index < -0.39 is 6.10 Å². The van der Waals surface area contributed by atoms with Crippen LogP contribution in [0.15, 0.2) is 30.3 Å². The second-order valence-corrected chi connectivity index (χ2v) is 6.79. The molecule has 0 bridgehead atoms. The highest BCUT2D eigenvalue weighted by Crippen LogP contribution is 2.29. The Morgan fingerprint density at radius 1 is 1.12 bits per heavy atom. The summed E-state index contributed by atoms with van der Waals surface area (Å²) in [5.41, 5.74) is 1.16. The Hall–Kier alpha value is -1.43. The van der Waals surface area contributed by atoms with Gasteiger partial charge in [-0.3, -0.25) is 14.6 Å². The van der Waals surface area contributed by atoms with Gasteiger partial charge < -0.3 is 9.64 Å². The first-order valence-corrected chi connectivity index (χ1v) is 9.08. The number of nitrogens with zero attached hydrogens (tertiary/aromatic N) is 3. The first kappa shape index (κ1) is 17.4. The average Bonchev–Trinajstić information content (AvgIpc) is 2.62. The SMILES string of the molecule is CCCN1CCN(C(=O)[C@@H]2OCCN(C)[C@H]2c2ccccc2)CC1. The molecule has 132 valence electrons. The van der Waals surface area contributed by atoms with Gasteiger partial charge in [0.2, 0.25) is 0 Å². The van der Waals surface area contributed by atoms with Crippen LogP contribution in [0.1, 0.15) is 24.9 Å². The lowest BCUT2D eigenvalue weighted by molar-refractivity contribution is -0.157. The Labute approximate surface area is 145 Å². The van der Waals surface area contributed by atoms with Crippen LogP contribution in [-0.2, 0) is 9.53 Å². The van der Waals surface area contributed by atoms with E-state index >= 15 is 0 Å². The maximum absolute atomic E-state index is 13.1. The summed E-state index contributed by atoms with van der Waals surface area (Å²) >= 11 is 0. The first-order chi connectivity index (χ1) is 11.7. The summed E-state index contributed by atoms with van der Waals surface area (Å²) in [7, 11) is 2.08. The summed E-state index contributed by atoms with van der Waals surface area (Å²) in [6.07, 6.45) is 0.768. The van der Waals surface area contributed by atoms with Crippen LogP contribution in [0.4, 0.5) is 0 Å². The average molecular weight is 331 g/mol. The van der Waals surface area contributed by atoms with Gasteiger partial charge in [0.25, 0.3) is 5.91 Å². The van der Waals surface area contributed by atoms with Gasteiger partial charge in [0.15, 0.2) is 6.10 Å². The van der Waals surface area contributed by atoms with Crippen molar-refractivity contribution in [2.75, 3.05) is 52.9 Å². The largest absolute Gasteiger partial charge is 0.365 e. The summed E-state index contributed by atoms with van der Waals surface area (Å²) in [5, 5.41) is 0. The zero-order valence-corrected chi connectivity index (χ0v) is 14.9. The van der Waals surface area contributed by atoms with Crippen molar-refractivity contribution < 1.29 is 9.53 Å². The van der Waals surface area contributed by atoms with Gasteiger partial charge in [0.1, 0.15) is 0 Å². The first-order valence-electron chi connectivity index (χ1n) is 9.08. The Morgan fingerprint density at radius 2 is 1.83 bits per heavy atom. The van der Waals surface area contributed by atoms with Gasteiger partial charge in [0.05, 0.1) is 12.6 Å². The minimum absolute atomic E-state index is 0.00104. The second kappa shape index (κ2) is 8.10. The molecule has 24 heavy (non-hydrogen) atoms. The van der Waals surface area contributed by atoms with Crippen LogP contribution in [0.2, 0.25) is 0 Å². The van der Waals surface area contributed by atoms with Crippen molar-refractivity contribution in [2.45, 2.75) is 25.5 Å². The van der Waals surface area contributed by atoms with E-state index in [2.05, 4.69) is 35.9 Å². The number of morpholine rings is 1. The molecule has 1 aromatic rings. The van der Waals surface area contributed by atoms with Crippen LogP contribution in [0.5, 0.6) is 0 Å². The van der Waals surface area contributed by atoms with Gasteiger partial charge in [-0.25, -0.2) is 0 Å². The van der Waals surface area contributed by atoms with E-state index in [1.165, 1.54) is 6.42 Å². The van der Waals surface area contributed by atoms with Crippen LogP contribution in [0.25, 0.3) is 0 Å². The van der Waals surface area contributed by atoms with Crippen molar-refractivity contribution in [1.29, 1.82) is 0 Å². The van der Waals surface area contributed by atoms with Crippen LogP contribution in [0, 0.1) is 0 Å². The number of amides is 1. The number of hydrogen-bond acceptors (Lipinski definition) is 4. The summed E-state index contributed by atoms with van der Waals surface area (Å²) in [4.78, 5) is 19.8. The highest BCUT2D eigenvalue weighted by atomic mass is 16.5. The van der Waals surface area contributed by atoms with E-state index in [0.717, 1.165) is 44.8 Å². The zero-order chi connectivity index (χ0) is 16.9. The maximum Gasteiger partial charge on any atom is 0.253 e. The molecule has 2 saturated heterocycles. The Balaban J connectivity index is 1.70. The van der Waals surface area contributed by atoms with Crippen molar-refractivity contribution in [3.63, 3.8) is 0 Å². The molecule has 5 nitrogen and oxygen atoms in total. The van der Waals surface area contributed by atoms with E-state index in [4.69, 9.17) is 4.74 Å². The molecule has 0 radical (unpaired) electrons. The van der Waals surface area contributed by atoms with Crippen LogP contribution >= 0.6 is 0 Å². The van der Waals surface area contributed by atoms with Gasteiger partial charge in [-0.1, -0.05) is 37.3 Å². The highest BCUT2D eigenvalue weighted by Gasteiger charge is 2.39. The van der Waals surface area contributed by atoms with Crippen LogP contribution < -0.4 is 0 Å². The maximum atomic E-state index is 13.1. The fourth-order valence-corrected chi connectivity index (χ4v) is 3.76. The number of benzene rings is 1. The molecule has 1 aromatic carbocycles. The number of carbonyl (C=O) groups is 1. The molecule has 0 N–H and O–H groups in total. The van der Waals surface area contributed by atoms with Gasteiger partial charge in [-0.05, 0) is 25.6 Å². The molecule has 2 aliphatic rings. The van der Waals surface area contributed by atoms with E-state index in [9.17, 15) is 4.79 Å². The Bertz CT molecular complexity index is 529. The third-order valence-corrected chi connectivity index (χ3v) is 5.11. The van der Waals surface area contributed by atoms with E-state index in [-0.39, 0.29) is 11.9 Å². The van der Waals surface area contributed by atoms with Crippen molar-refractivity contribution in [1.82, 2.24) is 14.7 Å². The monoisotopic (exact) mass is 331 g/mol. The van der Waals surface area contributed by atoms with Crippen molar-refractivity contribution in [3.05, 3.63) is 35.9 Å². The van der Waals surface area contributed by atoms with E-state index in [0.29, 0.717) is 6.61 Å². The lowest BCUT2D eigenvalue weighted by Gasteiger charge is -2.42. The minimum atomic E-state index is -0.399. The smallest absolute Gasteiger partial charge is 0.253 e. The molecule has 1 amide bonds. The number of hydrogen-bond donors (Lipinski definition) is 0. The molecule has 2 aliphatic heterocycles. The summed E-state index contributed by atoms with van der Waals surface area (Å²) in [6, 6.07) is 10.3. The quantitative estimate of drug-likeness (QED) is 0.840. The third-order valence-electron chi connectivity index (χ3n) is 5.11. The van der Waals surface area contributed by atoms with Gasteiger partial charge >= 0.3 is 0 Å². The molecule has 0 aromatic heterocycles. The lowest BCUT2D eigenvalue weighted by Crippen LogP contribution is -2.56. The van der Waals surface area contributed by atoms with Gasteiger partial charge in [-0.2, -0.15) is 0 Å². The number of ether oxygens (including phenoxy) is 1.